The zero-order valence-electron chi connectivity index (χ0n) is 61.2. The van der Waals surface area contributed by atoms with Gasteiger partial charge in [0.1, 0.15) is 146 Å². The largest absolute Gasteiger partial charge is 0.748 e. The van der Waals surface area contributed by atoms with Gasteiger partial charge in [-0.2, -0.15) is 16.8 Å². The highest BCUT2D eigenvalue weighted by molar-refractivity contribution is 7.95. The van der Waals surface area contributed by atoms with Crippen LogP contribution in [0.25, 0.3) is 0 Å². The van der Waals surface area contributed by atoms with Crippen molar-refractivity contribution in [3.63, 3.8) is 0 Å². The summed E-state index contributed by atoms with van der Waals surface area (Å²) in [4.78, 5) is 40.9. The van der Waals surface area contributed by atoms with Crippen LogP contribution in [-0.2, 0) is 270 Å². The predicted molar refractivity (Wildman–Crippen MR) is 351 cm³/mol. The number of aliphatic hydroxyl groups is 4. The van der Waals surface area contributed by atoms with Crippen LogP contribution in [0.4, 0.5) is 0 Å². The quantitative estimate of drug-likeness (QED) is 0.00743. The highest BCUT2D eigenvalue weighted by atomic mass is 32.3. The van der Waals surface area contributed by atoms with Gasteiger partial charge in [-0.05, 0) is 65.0 Å². The highest BCUT2D eigenvalue weighted by Gasteiger charge is 2.58. The Hall–Kier alpha value is -0.510. The first-order chi connectivity index (χ1) is 56.4. The van der Waals surface area contributed by atoms with Gasteiger partial charge in [-0.15, -0.1) is 39.0 Å². The van der Waals surface area contributed by atoms with E-state index in [0.29, 0.717) is 0 Å². The van der Waals surface area contributed by atoms with Crippen LogP contribution in [0.3, 0.4) is 0 Å². The Balaban J connectivity index is 1.37. The van der Waals surface area contributed by atoms with E-state index in [1.165, 1.54) is 20.8 Å². The molecule has 0 radical (unpaired) electrons. The highest BCUT2D eigenvalue weighted by Crippen LogP contribution is 2.44. The summed E-state index contributed by atoms with van der Waals surface area (Å²) in [6.45, 7) is 1.79. The fraction of sp³-hybridized carbons (Fsp3) is 1.00. The van der Waals surface area contributed by atoms with Crippen LogP contribution in [0, 0.1) is 35.5 Å². The van der Waals surface area contributed by atoms with Crippen LogP contribution >= 0.6 is 12.0 Å². The summed E-state index contributed by atoms with van der Waals surface area (Å²) in [6, 6.07) is 0. The molecule has 0 aromatic carbocycles. The smallest absolute Gasteiger partial charge is 0.397 e. The lowest BCUT2D eigenvalue weighted by molar-refractivity contribution is -0.591. The minimum Gasteiger partial charge on any atom is -0.748 e. The van der Waals surface area contributed by atoms with Crippen molar-refractivity contribution < 1.29 is 280 Å². The molecule has 42 atom stereocenters. The fourth-order valence-electron chi connectivity index (χ4n) is 13.3. The first kappa shape index (κ1) is 107. The third kappa shape index (κ3) is 32.8. The van der Waals surface area contributed by atoms with E-state index in [9.17, 15) is 116 Å². The van der Waals surface area contributed by atoms with E-state index in [4.69, 9.17) is 110 Å². The first-order valence-electron chi connectivity index (χ1n) is 33.4. The monoisotopic (exact) mass is 1980 g/mol. The van der Waals surface area contributed by atoms with E-state index in [0.717, 1.165) is 27.7 Å². The molecular formula is C48H76O61S11-8. The van der Waals surface area contributed by atoms with Crippen molar-refractivity contribution >= 4 is 124 Å². The van der Waals surface area contributed by atoms with Crippen LogP contribution < -0.4 is 0 Å². The van der Waals surface area contributed by atoms with Crippen LogP contribution in [0.15, 0.2) is 0 Å². The summed E-state index contributed by atoms with van der Waals surface area (Å²) < 4.78 is 387. The Bertz CT molecular complexity index is 3540. The first-order valence-corrected chi connectivity index (χ1v) is 45.0. The lowest BCUT2D eigenvalue weighted by Gasteiger charge is -2.49. The second kappa shape index (κ2) is 50.8. The average Bonchev–Trinajstić information content (AvgIpc) is 0.776. The van der Waals surface area contributed by atoms with Crippen molar-refractivity contribution in [2.24, 2.45) is 35.5 Å². The summed E-state index contributed by atoms with van der Waals surface area (Å²) in [6.07, 6.45) is -54.1. The Labute approximate surface area is 701 Å². The van der Waals surface area contributed by atoms with Crippen LogP contribution in [0.1, 0.15) is 54.9 Å². The normalized spacial score (nSPS) is 40.8. The molecule has 7 aliphatic heterocycles. The maximum Gasteiger partial charge on any atom is 0.397 e. The molecule has 0 amide bonds. The SMILES string of the molecule is CC1C[C@H](CO[C@@H]2OC(C)[C@@H](OOS(=O)[O-])[C@H](CO[C@@H]3OC(C)[C@@H](OOS(=O)[O-])[C@H](OS(=O)(=O)O)C3OOS(=O)[O-])C2CO[C@@H]2OC(C)[C@@H](OOS(=O)[O-])[C@H](CO[C@@H]3OC(C)[C@@H](OOS(=O)[O-])[C@H](CO[C@@H]4OC(C)[C@@H](SOOOO)[C@H](O)C4OOS(=O)[O-])C3OOS(=O)[O-])C2CO[C@@H]2OC(C)[C@@H](O)[C@H](OS(=O)(=O)O)C2O)C(OOS(=O)[O-])[C@H](O)O1. The Kier molecular flexibility index (Phi) is 45.1. The Morgan fingerprint density at radius 3 is 1.12 bits per heavy atom. The van der Waals surface area contributed by atoms with Crippen molar-refractivity contribution in [3.8, 4) is 0 Å². The van der Waals surface area contributed by atoms with E-state index in [1.54, 1.807) is 0 Å². The van der Waals surface area contributed by atoms with Crippen molar-refractivity contribution in [2.75, 3.05) is 39.6 Å². The molecule has 0 aromatic rings. The third-order valence-corrected chi connectivity index (χ3v) is 21.7. The summed E-state index contributed by atoms with van der Waals surface area (Å²) in [5, 5.41) is 59.5. The zero-order chi connectivity index (χ0) is 88.9. The molecule has 0 aliphatic carbocycles. The van der Waals surface area contributed by atoms with E-state index in [1.807, 2.05) is 0 Å². The van der Waals surface area contributed by atoms with Gasteiger partial charge >= 0.3 is 20.8 Å². The van der Waals surface area contributed by atoms with Gasteiger partial charge in [0.25, 0.3) is 0 Å². The summed E-state index contributed by atoms with van der Waals surface area (Å²) >= 11 is -28.7. The number of hydrogen-bond acceptors (Lipinski definition) is 60. The third-order valence-electron chi connectivity index (χ3n) is 18.3. The molecule has 0 spiro atoms. The van der Waals surface area contributed by atoms with Gasteiger partial charge in [0.05, 0.1) is 87.6 Å². The van der Waals surface area contributed by atoms with Gasteiger partial charge in [0.2, 0.25) is 0 Å². The van der Waals surface area contributed by atoms with Gasteiger partial charge in [0.15, 0.2) is 68.4 Å². The molecule has 72 heteroatoms. The molecular weight excluding hydrogens is 1910 g/mol. The standard InChI is InChI=1S/C48H84O61S11/c1-15-8-22(35(42(52)82-15)93-106-115(62)63)9-76-43-25(24(31(17(3)84-43)89-102-111(54)55)11-80-48-40(96-109-118(68)69)39(98-120(73,74)75)34(20(6)87-48)92-105-114(60)61)12-77-44-26(13-78-45-30(51)37(97-119(70,71)72)28(49)16(2)83-45)23(32(18(4)85-44)90-103-112(56)57)10-79-46-36(94-107-116(64)65)27(33(19(5)86-46)91-104-113(58)59)14-81-47-38(95-108-117(66)67)29(50)41(21(7)88-47)110-101-100-99-53/h15-53H,8-14H2,1-7H3,(H,54,55)(H,56,57)(H,58,59)(H,60,61)(H,62,63)(H,64,65)(H,66,67)(H,68,69)(H,70,71,72)(H,73,74,75)/p-8/t15?,16?,17?,18?,19?,20?,21?,22-,23-,24-,25?,26?,27+,28-,29-,30?,31-,32-,33-,34-,35?,36?,37+,38?,39+,40?,41-,42-,43-,44-,45-,46-,47-,48-/m1/s1. The van der Waals surface area contributed by atoms with Gasteiger partial charge in [-0.1, -0.05) is 0 Å². The number of aliphatic hydroxyl groups excluding tert-OH is 4. The van der Waals surface area contributed by atoms with Gasteiger partial charge in [0, 0.05) is 47.6 Å². The molecule has 7 saturated heterocycles. The molecule has 61 nitrogen and oxygen atoms in total. The minimum absolute atomic E-state index is 0.183. The molecule has 7 fully saturated rings. The number of hydrogen-bond donors (Lipinski definition) is 7. The van der Waals surface area contributed by atoms with E-state index in [-0.39, 0.29) is 18.5 Å². The minimum atomic E-state index is -5.80. The molecule has 7 N–H and O–H groups in total. The van der Waals surface area contributed by atoms with E-state index in [2.05, 4.69) is 53.3 Å². The topological polar surface area (TPSA) is 845 Å². The Morgan fingerprint density at radius 2 is 0.667 bits per heavy atom. The molecule has 708 valence electrons. The van der Waals surface area contributed by atoms with E-state index < -0.39 is 358 Å². The molecule has 22 unspecified atom stereocenters. The fourth-order valence-corrected chi connectivity index (χ4v) is 16.2. The summed E-state index contributed by atoms with van der Waals surface area (Å²) in [5.74, 6) is -10.5. The lowest BCUT2D eigenvalue weighted by Crippen LogP contribution is -2.62. The maximum atomic E-state index is 12.4. The molecule has 7 aliphatic rings. The van der Waals surface area contributed by atoms with Crippen LogP contribution in [0.5, 0.6) is 0 Å². The molecule has 7 rings (SSSR count). The van der Waals surface area contributed by atoms with Crippen molar-refractivity contribution in [1.82, 2.24) is 0 Å². The molecule has 0 saturated carbocycles. The van der Waals surface area contributed by atoms with Crippen molar-refractivity contribution in [2.45, 2.75) is 226 Å². The van der Waals surface area contributed by atoms with Crippen LogP contribution in [0.2, 0.25) is 0 Å². The zero-order valence-corrected chi connectivity index (χ0v) is 70.2. The van der Waals surface area contributed by atoms with Crippen molar-refractivity contribution in [1.29, 1.82) is 0 Å². The number of rotatable bonds is 50. The maximum absolute atomic E-state index is 12.4. The van der Waals surface area contributed by atoms with E-state index >= 15 is 0 Å². The molecule has 120 heavy (non-hydrogen) atoms. The Morgan fingerprint density at radius 1 is 0.342 bits per heavy atom. The molecule has 7 heterocycles. The van der Waals surface area contributed by atoms with Crippen LogP contribution in [-0.4, -0.2) is 333 Å². The molecule has 0 aromatic heterocycles. The lowest BCUT2D eigenvalue weighted by atomic mass is 9.82. The van der Waals surface area contributed by atoms with Crippen molar-refractivity contribution in [3.05, 3.63) is 0 Å². The predicted octanol–water partition coefficient (Wildman–Crippen LogP) is -7.91. The summed E-state index contributed by atoms with van der Waals surface area (Å²) in [7, 11) is -11.4. The molecule has 0 bridgehead atoms. The van der Waals surface area contributed by atoms with Gasteiger partial charge in [-0.25, -0.2) is 86.4 Å². The van der Waals surface area contributed by atoms with Gasteiger partial charge in [-0.3, -0.25) is 9.11 Å². The second-order valence-corrected chi connectivity index (χ2v) is 33.1. The number of ether oxygens (including phenoxy) is 13. The summed E-state index contributed by atoms with van der Waals surface area (Å²) in [5.41, 5.74) is 0. The average molecular weight is 1980 g/mol. The van der Waals surface area contributed by atoms with Gasteiger partial charge < -0.3 is 118 Å². The second-order valence-electron chi connectivity index (χ2n) is 25.8.